The number of carbonyl (C=O) groups is 1. The van der Waals surface area contributed by atoms with Gasteiger partial charge in [-0.2, -0.15) is 0 Å². The van der Waals surface area contributed by atoms with Crippen LogP contribution >= 0.6 is 22.9 Å². The molecule has 2 heterocycles. The number of fused-ring (bicyclic) bond motifs is 1. The third kappa shape index (κ3) is 1.77. The van der Waals surface area contributed by atoms with Gasteiger partial charge in [0.05, 0.1) is 10.7 Å². The average Bonchev–Trinajstić information content (AvgIpc) is 2.87. The summed E-state index contributed by atoms with van der Waals surface area (Å²) in [6, 6.07) is 7.42. The first-order valence-electron chi connectivity index (χ1n) is 5.12. The predicted molar refractivity (Wildman–Crippen MR) is 70.5 cm³/mol. The second-order valence-corrected chi connectivity index (χ2v) is 5.11. The van der Waals surface area contributed by atoms with E-state index >= 15 is 0 Å². The molecule has 6 heteroatoms. The first kappa shape index (κ1) is 11.3. The molecular weight excluding hydrogens is 272 g/mol. The molecule has 90 valence electrons. The lowest BCUT2D eigenvalue weighted by atomic mass is 10.2. The van der Waals surface area contributed by atoms with Crippen LogP contribution in [0.3, 0.4) is 0 Å². The quantitative estimate of drug-likeness (QED) is 0.781. The van der Waals surface area contributed by atoms with Crippen LogP contribution in [0.5, 0.6) is 0 Å². The maximum Gasteiger partial charge on any atom is 0.347 e. The Morgan fingerprint density at radius 2 is 2.11 bits per heavy atom. The number of aromatic nitrogens is 2. The maximum atomic E-state index is 10.8. The van der Waals surface area contributed by atoms with Gasteiger partial charge in [0.15, 0.2) is 4.96 Å². The molecule has 0 aliphatic rings. The fourth-order valence-corrected chi connectivity index (χ4v) is 2.73. The number of carboxylic acids is 1. The van der Waals surface area contributed by atoms with Crippen LogP contribution in [0.2, 0.25) is 5.02 Å². The Labute approximate surface area is 111 Å². The standard InChI is InChI=1S/C12H7ClN2O2S/c13-8-4-2-1-3-7(8)9-5-15-6-10(11(16)17)18-12(15)14-9/h1-6H,(H,16,17). The number of aromatic carboxylic acids is 1. The van der Waals surface area contributed by atoms with Crippen LogP contribution in [-0.2, 0) is 0 Å². The van der Waals surface area contributed by atoms with Crippen LogP contribution in [0.25, 0.3) is 16.2 Å². The summed E-state index contributed by atoms with van der Waals surface area (Å²) >= 11 is 7.23. The second kappa shape index (κ2) is 4.12. The molecule has 0 unspecified atom stereocenters. The van der Waals surface area contributed by atoms with Crippen LogP contribution in [0, 0.1) is 0 Å². The molecule has 0 spiro atoms. The van der Waals surface area contributed by atoms with Gasteiger partial charge in [-0.25, -0.2) is 9.78 Å². The van der Waals surface area contributed by atoms with Gasteiger partial charge in [0.1, 0.15) is 4.88 Å². The summed E-state index contributed by atoms with van der Waals surface area (Å²) in [5.74, 6) is -0.940. The lowest BCUT2D eigenvalue weighted by Crippen LogP contribution is -1.90. The number of halogens is 1. The molecule has 0 radical (unpaired) electrons. The molecule has 4 nitrogen and oxygen atoms in total. The highest BCUT2D eigenvalue weighted by Crippen LogP contribution is 2.28. The van der Waals surface area contributed by atoms with E-state index in [0.29, 0.717) is 9.98 Å². The Morgan fingerprint density at radius 3 is 2.78 bits per heavy atom. The van der Waals surface area contributed by atoms with Crippen molar-refractivity contribution in [3.8, 4) is 11.3 Å². The van der Waals surface area contributed by atoms with Crippen molar-refractivity contribution in [1.29, 1.82) is 0 Å². The topological polar surface area (TPSA) is 54.6 Å². The summed E-state index contributed by atoms with van der Waals surface area (Å²) in [5, 5.41) is 9.51. The van der Waals surface area contributed by atoms with E-state index in [9.17, 15) is 4.79 Å². The predicted octanol–water partition coefficient (Wildman–Crippen LogP) is 3.41. The molecule has 0 saturated carbocycles. The summed E-state index contributed by atoms with van der Waals surface area (Å²) in [6.07, 6.45) is 3.33. The molecule has 0 aliphatic carbocycles. The van der Waals surface area contributed by atoms with Crippen LogP contribution in [0.4, 0.5) is 0 Å². The van der Waals surface area contributed by atoms with Crippen molar-refractivity contribution in [3.05, 3.63) is 46.6 Å². The molecule has 0 aliphatic heterocycles. The minimum atomic E-state index is -0.940. The molecule has 0 saturated heterocycles. The van der Waals surface area contributed by atoms with Crippen LogP contribution < -0.4 is 0 Å². The van der Waals surface area contributed by atoms with Crippen molar-refractivity contribution in [1.82, 2.24) is 9.38 Å². The van der Waals surface area contributed by atoms with Crippen molar-refractivity contribution in [2.45, 2.75) is 0 Å². The molecule has 0 fully saturated rings. The van der Waals surface area contributed by atoms with Gasteiger partial charge in [-0.05, 0) is 6.07 Å². The molecule has 0 atom stereocenters. The monoisotopic (exact) mass is 278 g/mol. The minimum absolute atomic E-state index is 0.267. The summed E-state index contributed by atoms with van der Waals surface area (Å²) in [6.45, 7) is 0. The Morgan fingerprint density at radius 1 is 1.33 bits per heavy atom. The summed E-state index contributed by atoms with van der Waals surface area (Å²) < 4.78 is 1.70. The van der Waals surface area contributed by atoms with Gasteiger partial charge in [-0.3, -0.25) is 4.40 Å². The number of carboxylic acid groups (broad SMARTS) is 1. The van der Waals surface area contributed by atoms with Crippen molar-refractivity contribution in [3.63, 3.8) is 0 Å². The molecule has 3 rings (SSSR count). The first-order chi connectivity index (χ1) is 8.65. The first-order valence-corrected chi connectivity index (χ1v) is 6.31. The molecule has 0 amide bonds. The number of hydrogen-bond acceptors (Lipinski definition) is 3. The molecule has 0 bridgehead atoms. The molecule has 3 aromatic rings. The van der Waals surface area contributed by atoms with Gasteiger partial charge >= 0.3 is 5.97 Å². The molecule has 18 heavy (non-hydrogen) atoms. The fraction of sp³-hybridized carbons (Fsp3) is 0. The van der Waals surface area contributed by atoms with E-state index in [0.717, 1.165) is 22.6 Å². The van der Waals surface area contributed by atoms with Gasteiger partial charge in [-0.1, -0.05) is 41.1 Å². The summed E-state index contributed by atoms with van der Waals surface area (Å²) in [5.41, 5.74) is 1.58. The second-order valence-electron chi connectivity index (χ2n) is 3.70. The smallest absolute Gasteiger partial charge is 0.347 e. The summed E-state index contributed by atoms with van der Waals surface area (Å²) in [7, 11) is 0. The van der Waals surface area contributed by atoms with Crippen LogP contribution in [-0.4, -0.2) is 20.5 Å². The lowest BCUT2D eigenvalue weighted by molar-refractivity contribution is 0.0702. The third-order valence-corrected chi connectivity index (χ3v) is 3.83. The Hall–Kier alpha value is -1.85. The van der Waals surface area contributed by atoms with Gasteiger partial charge in [0.25, 0.3) is 0 Å². The van der Waals surface area contributed by atoms with Crippen molar-refractivity contribution < 1.29 is 9.90 Å². The van der Waals surface area contributed by atoms with E-state index in [-0.39, 0.29) is 4.88 Å². The molecule has 1 aromatic carbocycles. The number of benzene rings is 1. The van der Waals surface area contributed by atoms with Gasteiger partial charge in [0.2, 0.25) is 0 Å². The number of nitrogens with zero attached hydrogens (tertiary/aromatic N) is 2. The minimum Gasteiger partial charge on any atom is -0.477 e. The SMILES string of the molecule is O=C(O)c1cn2cc(-c3ccccc3Cl)nc2s1. The highest BCUT2D eigenvalue weighted by Gasteiger charge is 2.13. The van der Waals surface area contributed by atoms with E-state index in [1.54, 1.807) is 22.9 Å². The maximum absolute atomic E-state index is 10.8. The van der Waals surface area contributed by atoms with E-state index in [1.165, 1.54) is 0 Å². The van der Waals surface area contributed by atoms with E-state index in [2.05, 4.69) is 4.98 Å². The highest BCUT2D eigenvalue weighted by molar-refractivity contribution is 7.18. The normalized spacial score (nSPS) is 10.9. The van der Waals surface area contributed by atoms with E-state index in [4.69, 9.17) is 16.7 Å². The van der Waals surface area contributed by atoms with Crippen molar-refractivity contribution >= 4 is 33.9 Å². The zero-order valence-corrected chi connectivity index (χ0v) is 10.6. The molecular formula is C12H7ClN2O2S. The average molecular weight is 279 g/mol. The number of rotatable bonds is 2. The van der Waals surface area contributed by atoms with E-state index in [1.807, 2.05) is 18.2 Å². The van der Waals surface area contributed by atoms with Crippen LogP contribution in [0.15, 0.2) is 36.7 Å². The Balaban J connectivity index is 2.12. The fourth-order valence-electron chi connectivity index (χ4n) is 1.69. The van der Waals surface area contributed by atoms with Crippen LogP contribution in [0.1, 0.15) is 9.67 Å². The van der Waals surface area contributed by atoms with Gasteiger partial charge in [0, 0.05) is 18.0 Å². The number of hydrogen-bond donors (Lipinski definition) is 1. The largest absolute Gasteiger partial charge is 0.477 e. The van der Waals surface area contributed by atoms with Gasteiger partial charge in [-0.15, -0.1) is 0 Å². The zero-order valence-electron chi connectivity index (χ0n) is 9.00. The molecule has 1 N–H and O–H groups in total. The number of thiazole rings is 1. The highest BCUT2D eigenvalue weighted by atomic mass is 35.5. The Bertz CT molecular complexity index is 716. The van der Waals surface area contributed by atoms with Crippen molar-refractivity contribution in [2.24, 2.45) is 0 Å². The van der Waals surface area contributed by atoms with E-state index < -0.39 is 5.97 Å². The summed E-state index contributed by atoms with van der Waals surface area (Å²) in [4.78, 5) is 16.1. The lowest BCUT2D eigenvalue weighted by Gasteiger charge is -1.98. The number of imidazole rings is 1. The molecule has 2 aromatic heterocycles. The Kier molecular flexibility index (Phi) is 2.57. The van der Waals surface area contributed by atoms with Crippen molar-refractivity contribution in [2.75, 3.05) is 0 Å². The third-order valence-electron chi connectivity index (χ3n) is 2.52. The van der Waals surface area contributed by atoms with Gasteiger partial charge < -0.3 is 5.11 Å². The zero-order chi connectivity index (χ0) is 12.7.